The molecule has 0 rings (SSSR count). The van der Waals surface area contributed by atoms with Crippen molar-refractivity contribution in [3.63, 3.8) is 0 Å². The molecule has 0 spiro atoms. The molecule has 14 heavy (non-hydrogen) atoms. The van der Waals surface area contributed by atoms with E-state index >= 15 is 0 Å². The lowest BCUT2D eigenvalue weighted by molar-refractivity contribution is -0.0325. The zero-order valence-corrected chi connectivity index (χ0v) is 8.11. The van der Waals surface area contributed by atoms with Crippen molar-refractivity contribution in [1.29, 1.82) is 0 Å². The van der Waals surface area contributed by atoms with E-state index < -0.39 is 22.0 Å². The van der Waals surface area contributed by atoms with Crippen LogP contribution >= 0.6 is 0 Å². The Morgan fingerprint density at radius 1 is 1.64 bits per heavy atom. The van der Waals surface area contributed by atoms with Crippen LogP contribution in [0.25, 0.3) is 5.53 Å². The number of carbonyl (C=O) groups excluding carboxylic acids is 1. The molecule has 0 aromatic rings. The average Bonchev–Trinajstić information content (AvgIpc) is 2.01. The van der Waals surface area contributed by atoms with E-state index in [9.17, 15) is 13.2 Å². The van der Waals surface area contributed by atoms with Gasteiger partial charge in [-0.1, -0.05) is 0 Å². The standard InChI is InChI=1S/C5H9N3O5S/c1-4(8-6)13-5(9)7-2-3-14(10,11)12/h2-3H2,1H3,(H,7,9)(H,10,11,12). The van der Waals surface area contributed by atoms with Crippen LogP contribution in [0, 0.1) is 0 Å². The van der Waals surface area contributed by atoms with Crippen molar-refractivity contribution in [3.8, 4) is 0 Å². The Labute approximate surface area is 80.2 Å². The molecule has 0 saturated heterocycles. The van der Waals surface area contributed by atoms with Gasteiger partial charge in [0.2, 0.25) is 0 Å². The van der Waals surface area contributed by atoms with Crippen LogP contribution in [0.15, 0.2) is 0 Å². The summed E-state index contributed by atoms with van der Waals surface area (Å²) in [5.74, 6) is -0.897. The molecule has 0 radical (unpaired) electrons. The van der Waals surface area contributed by atoms with E-state index in [4.69, 9.17) is 10.1 Å². The summed E-state index contributed by atoms with van der Waals surface area (Å²) >= 11 is 0. The van der Waals surface area contributed by atoms with Crippen molar-refractivity contribution in [3.05, 3.63) is 5.53 Å². The van der Waals surface area contributed by atoms with Gasteiger partial charge in [-0.15, -0.1) is 4.79 Å². The number of hydrogen-bond acceptors (Lipinski definition) is 4. The third kappa shape index (κ3) is 7.22. The van der Waals surface area contributed by atoms with Gasteiger partial charge in [0.05, 0.1) is 12.7 Å². The molecule has 0 saturated carbocycles. The lowest BCUT2D eigenvalue weighted by Crippen LogP contribution is -2.30. The Bertz CT molecular complexity index is 356. The number of carbonyl (C=O) groups is 1. The first-order chi connectivity index (χ1) is 6.35. The molecule has 9 heteroatoms. The van der Waals surface area contributed by atoms with E-state index in [1.807, 2.05) is 5.32 Å². The van der Waals surface area contributed by atoms with E-state index in [0.29, 0.717) is 0 Å². The average molecular weight is 223 g/mol. The maximum absolute atomic E-state index is 10.7. The molecule has 0 bridgehead atoms. The van der Waals surface area contributed by atoms with Gasteiger partial charge in [0, 0.05) is 6.54 Å². The molecule has 0 fully saturated rings. The normalized spacial score (nSPS) is 10.1. The topological polar surface area (TPSA) is 129 Å². The van der Waals surface area contributed by atoms with Gasteiger partial charge in [-0.3, -0.25) is 4.55 Å². The fourth-order valence-corrected chi connectivity index (χ4v) is 0.833. The molecule has 0 aromatic heterocycles. The van der Waals surface area contributed by atoms with E-state index in [2.05, 4.69) is 9.53 Å². The Morgan fingerprint density at radius 2 is 2.21 bits per heavy atom. The predicted octanol–water partition coefficient (Wildman–Crippen LogP) is -0.751. The van der Waals surface area contributed by atoms with E-state index in [-0.39, 0.29) is 12.4 Å². The summed E-state index contributed by atoms with van der Waals surface area (Å²) < 4.78 is 32.9. The number of alkyl carbamates (subject to hydrolysis) is 1. The smallest absolute Gasteiger partial charge is 0.357 e. The van der Waals surface area contributed by atoms with Crippen LogP contribution in [-0.2, 0) is 14.9 Å². The maximum Gasteiger partial charge on any atom is 0.455 e. The number of hydrogen-bond donors (Lipinski definition) is 2. The molecule has 0 heterocycles. The van der Waals surface area contributed by atoms with Crippen LogP contribution < -0.4 is 5.32 Å². The van der Waals surface area contributed by atoms with Gasteiger partial charge in [0.25, 0.3) is 10.1 Å². The van der Waals surface area contributed by atoms with Crippen LogP contribution in [0.4, 0.5) is 4.79 Å². The first-order valence-corrected chi connectivity index (χ1v) is 5.05. The Kier molecular flexibility index (Phi) is 4.78. The van der Waals surface area contributed by atoms with Crippen LogP contribution in [0.5, 0.6) is 0 Å². The fraction of sp³-hybridized carbons (Fsp3) is 0.600. The largest absolute Gasteiger partial charge is 0.455 e. The summed E-state index contributed by atoms with van der Waals surface area (Å²) in [7, 11) is -4.10. The molecular formula is C5H9N3O5S. The molecule has 0 aromatic carbocycles. The molecule has 80 valence electrons. The van der Waals surface area contributed by atoms with Crippen molar-refractivity contribution >= 4 is 22.1 Å². The lowest BCUT2D eigenvalue weighted by atomic mass is 10.7. The zero-order chi connectivity index (χ0) is 11.2. The summed E-state index contributed by atoms with van der Waals surface area (Å²) in [6, 6.07) is 0. The van der Waals surface area contributed by atoms with Crippen LogP contribution in [0.3, 0.4) is 0 Å². The number of nitrogens with one attached hydrogen (secondary N) is 1. The second kappa shape index (κ2) is 5.32. The molecule has 0 aliphatic heterocycles. The highest BCUT2D eigenvalue weighted by molar-refractivity contribution is 7.85. The number of rotatable bonds is 3. The highest BCUT2D eigenvalue weighted by Crippen LogP contribution is 1.82. The van der Waals surface area contributed by atoms with Gasteiger partial charge >= 0.3 is 12.0 Å². The highest BCUT2D eigenvalue weighted by atomic mass is 32.2. The minimum atomic E-state index is -4.10. The van der Waals surface area contributed by atoms with E-state index in [1.165, 1.54) is 6.92 Å². The Hall–Kier alpha value is -1.44. The fourth-order valence-electron chi connectivity index (χ4n) is 0.473. The van der Waals surface area contributed by atoms with Gasteiger partial charge in [0.1, 0.15) is 0 Å². The lowest BCUT2D eigenvalue weighted by Gasteiger charge is -2.00. The van der Waals surface area contributed by atoms with Crippen molar-refractivity contribution in [2.24, 2.45) is 0 Å². The summed E-state index contributed by atoms with van der Waals surface area (Å²) in [6.45, 7) is 0.929. The second-order valence-corrected chi connectivity index (χ2v) is 3.79. The SMILES string of the molecule is CC(=[N+]=[N-])OC(=O)NCCS(=O)(=O)O. The number of ether oxygens (including phenoxy) is 1. The van der Waals surface area contributed by atoms with Gasteiger partial charge in [0.15, 0.2) is 0 Å². The first kappa shape index (κ1) is 12.6. The molecule has 0 atom stereocenters. The monoisotopic (exact) mass is 223 g/mol. The third-order valence-corrected chi connectivity index (χ3v) is 1.73. The highest BCUT2D eigenvalue weighted by Gasteiger charge is 2.10. The van der Waals surface area contributed by atoms with Crippen LogP contribution in [-0.4, -0.2) is 42.0 Å². The van der Waals surface area contributed by atoms with Crippen molar-refractivity contribution in [2.45, 2.75) is 6.92 Å². The molecule has 1 amide bonds. The zero-order valence-electron chi connectivity index (χ0n) is 7.30. The number of nitrogens with zero attached hydrogens (tertiary/aromatic N) is 2. The second-order valence-electron chi connectivity index (χ2n) is 2.22. The molecule has 0 aliphatic rings. The van der Waals surface area contributed by atoms with E-state index in [1.54, 1.807) is 0 Å². The first-order valence-electron chi connectivity index (χ1n) is 3.44. The van der Waals surface area contributed by atoms with Gasteiger partial charge in [-0.2, -0.15) is 8.42 Å². The van der Waals surface area contributed by atoms with Gasteiger partial charge in [-0.25, -0.2) is 4.79 Å². The van der Waals surface area contributed by atoms with E-state index in [0.717, 1.165) is 0 Å². The quantitative estimate of drug-likeness (QED) is 0.214. The van der Waals surface area contributed by atoms with Crippen LogP contribution in [0.2, 0.25) is 0 Å². The number of amides is 1. The molecule has 2 N–H and O–H groups in total. The predicted molar refractivity (Wildman–Crippen MR) is 45.2 cm³/mol. The summed E-state index contributed by atoms with van der Waals surface area (Å²) in [5.41, 5.74) is 8.09. The van der Waals surface area contributed by atoms with Gasteiger partial charge in [-0.05, 0) is 0 Å². The van der Waals surface area contributed by atoms with Crippen LogP contribution in [0.1, 0.15) is 6.92 Å². The molecular weight excluding hydrogens is 214 g/mol. The summed E-state index contributed by atoms with van der Waals surface area (Å²) in [5, 5.41) is 2.01. The molecule has 8 nitrogen and oxygen atoms in total. The maximum atomic E-state index is 10.7. The molecule has 0 aliphatic carbocycles. The van der Waals surface area contributed by atoms with Crippen molar-refractivity contribution in [1.82, 2.24) is 5.32 Å². The molecule has 0 unspecified atom stereocenters. The minimum Gasteiger partial charge on any atom is -0.357 e. The summed E-state index contributed by atoms with van der Waals surface area (Å²) in [6.07, 6.45) is -0.969. The van der Waals surface area contributed by atoms with Crippen molar-refractivity contribution in [2.75, 3.05) is 12.3 Å². The Balaban J connectivity index is 3.82. The van der Waals surface area contributed by atoms with Gasteiger partial charge < -0.3 is 15.6 Å². The summed E-state index contributed by atoms with van der Waals surface area (Å²) in [4.78, 5) is 13.2. The van der Waals surface area contributed by atoms with Crippen molar-refractivity contribution < 1.29 is 27.3 Å². The third-order valence-electron chi connectivity index (χ3n) is 1.01. The minimum absolute atomic E-state index is 0.283. The Morgan fingerprint density at radius 3 is 2.64 bits per heavy atom.